The van der Waals surface area contributed by atoms with E-state index < -0.39 is 5.97 Å². The molecule has 136 valence electrons. The number of aromatic nitrogens is 1. The summed E-state index contributed by atoms with van der Waals surface area (Å²) in [6.07, 6.45) is 0. The van der Waals surface area contributed by atoms with Crippen LogP contribution in [0.4, 0.5) is 0 Å². The van der Waals surface area contributed by atoms with E-state index >= 15 is 0 Å². The first-order valence-corrected chi connectivity index (χ1v) is 8.58. The highest BCUT2D eigenvalue weighted by Gasteiger charge is 2.16. The summed E-state index contributed by atoms with van der Waals surface area (Å²) < 4.78 is 21.9. The standard InChI is InChI=1S/C21H17NO5/c1-2-24-18-10-6-4-8-16(18)21(23)25-13-15-12-20(27-22-15)19-11-14-7-3-5-9-17(14)26-19/h3-12H,2,13H2,1H3. The molecule has 2 aromatic heterocycles. The minimum atomic E-state index is -0.479. The van der Waals surface area contributed by atoms with Crippen molar-refractivity contribution < 1.29 is 23.2 Å². The van der Waals surface area contributed by atoms with Crippen molar-refractivity contribution in [2.24, 2.45) is 0 Å². The van der Waals surface area contributed by atoms with Gasteiger partial charge >= 0.3 is 5.97 Å². The predicted molar refractivity (Wildman–Crippen MR) is 98.4 cm³/mol. The molecule has 6 nitrogen and oxygen atoms in total. The van der Waals surface area contributed by atoms with E-state index in [1.165, 1.54) is 0 Å². The molecule has 4 aromatic rings. The lowest BCUT2D eigenvalue weighted by Gasteiger charge is -2.08. The Bertz CT molecular complexity index is 1050. The number of rotatable bonds is 6. The van der Waals surface area contributed by atoms with Crippen LogP contribution in [0.15, 0.2) is 69.6 Å². The topological polar surface area (TPSA) is 74.7 Å². The Hall–Kier alpha value is -3.54. The molecule has 0 aliphatic rings. The highest BCUT2D eigenvalue weighted by molar-refractivity contribution is 5.92. The largest absolute Gasteiger partial charge is 0.493 e. The third kappa shape index (κ3) is 3.55. The van der Waals surface area contributed by atoms with Crippen LogP contribution >= 0.6 is 0 Å². The van der Waals surface area contributed by atoms with Gasteiger partial charge in [-0.25, -0.2) is 4.79 Å². The van der Waals surface area contributed by atoms with Gasteiger partial charge in [0.05, 0.1) is 6.61 Å². The smallest absolute Gasteiger partial charge is 0.342 e. The molecule has 0 amide bonds. The number of nitrogens with zero attached hydrogens (tertiary/aromatic N) is 1. The van der Waals surface area contributed by atoms with Crippen molar-refractivity contribution in [1.29, 1.82) is 0 Å². The summed E-state index contributed by atoms with van der Waals surface area (Å²) in [5.41, 5.74) is 1.64. The van der Waals surface area contributed by atoms with Crippen molar-refractivity contribution in [2.45, 2.75) is 13.5 Å². The van der Waals surface area contributed by atoms with E-state index in [4.69, 9.17) is 18.4 Å². The second kappa shape index (κ2) is 7.37. The first-order valence-electron chi connectivity index (χ1n) is 8.58. The lowest BCUT2D eigenvalue weighted by molar-refractivity contribution is 0.0460. The van der Waals surface area contributed by atoms with Gasteiger partial charge in [0.2, 0.25) is 5.76 Å². The van der Waals surface area contributed by atoms with Crippen LogP contribution in [0.3, 0.4) is 0 Å². The monoisotopic (exact) mass is 363 g/mol. The van der Waals surface area contributed by atoms with Gasteiger partial charge < -0.3 is 18.4 Å². The van der Waals surface area contributed by atoms with Crippen LogP contribution in [-0.2, 0) is 11.3 Å². The molecule has 0 fully saturated rings. The molecule has 0 aliphatic heterocycles. The number of benzene rings is 2. The van der Waals surface area contributed by atoms with Crippen LogP contribution in [0.1, 0.15) is 23.0 Å². The second-order valence-electron chi connectivity index (χ2n) is 5.84. The molecule has 27 heavy (non-hydrogen) atoms. The first kappa shape index (κ1) is 16.9. The number of furan rings is 1. The molecule has 0 aliphatic carbocycles. The van der Waals surface area contributed by atoms with E-state index in [9.17, 15) is 4.79 Å². The van der Waals surface area contributed by atoms with Gasteiger partial charge in [0, 0.05) is 11.5 Å². The fourth-order valence-corrected chi connectivity index (χ4v) is 2.73. The van der Waals surface area contributed by atoms with E-state index in [0.717, 1.165) is 11.0 Å². The molecule has 0 radical (unpaired) electrons. The predicted octanol–water partition coefficient (Wildman–Crippen LogP) is 4.84. The summed E-state index contributed by atoms with van der Waals surface area (Å²) in [4.78, 5) is 12.3. The molecule has 4 rings (SSSR count). The maximum atomic E-state index is 12.3. The Morgan fingerprint density at radius 1 is 1.04 bits per heavy atom. The zero-order valence-corrected chi connectivity index (χ0v) is 14.7. The normalized spacial score (nSPS) is 10.9. The Morgan fingerprint density at radius 2 is 1.85 bits per heavy atom. The maximum absolute atomic E-state index is 12.3. The van der Waals surface area contributed by atoms with Crippen molar-refractivity contribution in [3.05, 3.63) is 71.9 Å². The number of fused-ring (bicyclic) bond motifs is 1. The Labute approximate surface area is 155 Å². The SMILES string of the molecule is CCOc1ccccc1C(=O)OCc1cc(-c2cc3ccccc3o2)on1. The molecule has 0 bridgehead atoms. The van der Waals surface area contributed by atoms with Crippen LogP contribution in [0.2, 0.25) is 0 Å². The third-order valence-corrected chi connectivity index (χ3v) is 3.99. The van der Waals surface area contributed by atoms with E-state index in [1.807, 2.05) is 37.3 Å². The van der Waals surface area contributed by atoms with Gasteiger partial charge in [-0.1, -0.05) is 35.5 Å². The third-order valence-electron chi connectivity index (χ3n) is 3.99. The molecule has 0 spiro atoms. The molecule has 2 aromatic carbocycles. The van der Waals surface area contributed by atoms with Crippen LogP contribution in [-0.4, -0.2) is 17.7 Å². The van der Waals surface area contributed by atoms with Crippen LogP contribution in [0, 0.1) is 0 Å². The van der Waals surface area contributed by atoms with Crippen molar-refractivity contribution in [3.8, 4) is 17.3 Å². The van der Waals surface area contributed by atoms with E-state index in [0.29, 0.717) is 35.1 Å². The number of carbonyl (C=O) groups is 1. The molecule has 0 saturated heterocycles. The minimum absolute atomic E-state index is 0.0109. The molecular weight excluding hydrogens is 346 g/mol. The van der Waals surface area contributed by atoms with Gasteiger partial charge in [-0.15, -0.1) is 0 Å². The van der Waals surface area contributed by atoms with Crippen molar-refractivity contribution >= 4 is 16.9 Å². The lowest BCUT2D eigenvalue weighted by atomic mass is 10.2. The number of para-hydroxylation sites is 2. The number of hydrogen-bond donors (Lipinski definition) is 0. The number of hydrogen-bond acceptors (Lipinski definition) is 6. The first-order chi connectivity index (χ1) is 13.2. The van der Waals surface area contributed by atoms with Gasteiger partial charge in [0.25, 0.3) is 0 Å². The zero-order valence-electron chi connectivity index (χ0n) is 14.7. The van der Waals surface area contributed by atoms with Crippen molar-refractivity contribution in [2.75, 3.05) is 6.61 Å². The maximum Gasteiger partial charge on any atom is 0.342 e. The van der Waals surface area contributed by atoms with Crippen LogP contribution < -0.4 is 4.74 Å². The summed E-state index contributed by atoms with van der Waals surface area (Å²) in [7, 11) is 0. The molecule has 6 heteroatoms. The average Bonchev–Trinajstić information content (AvgIpc) is 3.33. The molecule has 0 N–H and O–H groups in total. The second-order valence-corrected chi connectivity index (χ2v) is 5.84. The van der Waals surface area contributed by atoms with E-state index in [-0.39, 0.29) is 6.61 Å². The minimum Gasteiger partial charge on any atom is -0.493 e. The van der Waals surface area contributed by atoms with Gasteiger partial charge in [-0.05, 0) is 31.2 Å². The average molecular weight is 363 g/mol. The van der Waals surface area contributed by atoms with Crippen LogP contribution in [0.25, 0.3) is 22.5 Å². The van der Waals surface area contributed by atoms with Crippen molar-refractivity contribution in [3.63, 3.8) is 0 Å². The fraction of sp³-hybridized carbons (Fsp3) is 0.143. The summed E-state index contributed by atoms with van der Waals surface area (Å²) in [6, 6.07) is 18.2. The van der Waals surface area contributed by atoms with Crippen molar-refractivity contribution in [1.82, 2.24) is 5.16 Å². The molecule has 0 atom stereocenters. The Morgan fingerprint density at radius 3 is 2.70 bits per heavy atom. The Kier molecular flexibility index (Phi) is 4.61. The van der Waals surface area contributed by atoms with E-state index in [1.54, 1.807) is 30.3 Å². The molecule has 0 saturated carbocycles. The van der Waals surface area contributed by atoms with Gasteiger partial charge in [-0.2, -0.15) is 0 Å². The molecular formula is C21H17NO5. The highest BCUT2D eigenvalue weighted by Crippen LogP contribution is 2.28. The summed E-state index contributed by atoms with van der Waals surface area (Å²) in [6.45, 7) is 2.31. The number of esters is 1. The number of ether oxygens (including phenoxy) is 2. The lowest BCUT2D eigenvalue weighted by Crippen LogP contribution is -2.08. The Balaban J connectivity index is 1.46. The molecule has 2 heterocycles. The van der Waals surface area contributed by atoms with Gasteiger partial charge in [0.15, 0.2) is 5.76 Å². The van der Waals surface area contributed by atoms with Gasteiger partial charge in [0.1, 0.15) is 29.2 Å². The fourth-order valence-electron chi connectivity index (χ4n) is 2.73. The van der Waals surface area contributed by atoms with Gasteiger partial charge in [-0.3, -0.25) is 0 Å². The molecule has 0 unspecified atom stereocenters. The summed E-state index contributed by atoms with van der Waals surface area (Å²) in [5, 5.41) is 4.92. The number of carbonyl (C=O) groups excluding carboxylic acids is 1. The zero-order chi connectivity index (χ0) is 18.6. The summed E-state index contributed by atoms with van der Waals surface area (Å²) >= 11 is 0. The quantitative estimate of drug-likeness (QED) is 0.456. The summed E-state index contributed by atoms with van der Waals surface area (Å²) in [5.74, 6) is 1.07. The van der Waals surface area contributed by atoms with Crippen LogP contribution in [0.5, 0.6) is 5.75 Å². The highest BCUT2D eigenvalue weighted by atomic mass is 16.5. The van der Waals surface area contributed by atoms with E-state index in [2.05, 4.69) is 5.16 Å².